The Kier molecular flexibility index (Phi) is 3.86. The largest absolute Gasteiger partial charge is 0.392 e. The lowest BCUT2D eigenvalue weighted by Gasteiger charge is -2.04. The van der Waals surface area contributed by atoms with Crippen LogP contribution in [0, 0.1) is 5.92 Å². The first kappa shape index (κ1) is 11.9. The van der Waals surface area contributed by atoms with Crippen LogP contribution in [0.15, 0.2) is 0 Å². The van der Waals surface area contributed by atoms with Crippen LogP contribution in [0.2, 0.25) is 0 Å². The summed E-state index contributed by atoms with van der Waals surface area (Å²) in [4.78, 5) is 0.0187. The van der Waals surface area contributed by atoms with Gasteiger partial charge < -0.3 is 5.73 Å². The van der Waals surface area contributed by atoms with E-state index in [4.69, 9.17) is 5.73 Å². The summed E-state index contributed by atoms with van der Waals surface area (Å²) in [6.45, 7) is 2.10. The van der Waals surface area contributed by atoms with E-state index in [9.17, 15) is 8.42 Å². The van der Waals surface area contributed by atoms with Crippen molar-refractivity contribution in [1.29, 1.82) is 0 Å². The molecular weight excluding hydrogens is 220 g/mol. The third-order valence-electron chi connectivity index (χ3n) is 2.25. The predicted octanol–water partition coefficient (Wildman–Crippen LogP) is 0.381. The number of nitrogens with two attached hydrogens (primary N) is 1. The molecule has 3 N–H and O–H groups in total. The highest BCUT2D eigenvalue weighted by Gasteiger charge is 2.38. The van der Waals surface area contributed by atoms with E-state index in [0.29, 0.717) is 5.92 Å². The van der Waals surface area contributed by atoms with Crippen molar-refractivity contribution in [3.8, 4) is 0 Å². The van der Waals surface area contributed by atoms with Crippen LogP contribution in [0.1, 0.15) is 26.2 Å². The van der Waals surface area contributed by atoms with Crippen molar-refractivity contribution in [3.63, 3.8) is 0 Å². The summed E-state index contributed by atoms with van der Waals surface area (Å²) in [6, 6.07) is 0.120. The molecule has 0 aromatic rings. The van der Waals surface area contributed by atoms with Gasteiger partial charge in [-0.3, -0.25) is 0 Å². The average Bonchev–Trinajstić information content (AvgIpc) is 2.63. The Balaban J connectivity index is 2.35. The zero-order valence-corrected chi connectivity index (χ0v) is 9.83. The van der Waals surface area contributed by atoms with Gasteiger partial charge in [0.05, 0.1) is 4.99 Å². The third kappa shape index (κ3) is 3.89. The van der Waals surface area contributed by atoms with E-state index in [1.807, 2.05) is 0 Å². The zero-order chi connectivity index (χ0) is 10.8. The molecule has 0 amide bonds. The number of hydrogen-bond donors (Lipinski definition) is 2. The Morgan fingerprint density at radius 1 is 1.64 bits per heavy atom. The molecule has 1 fully saturated rings. The molecule has 0 spiro atoms. The molecule has 0 aromatic carbocycles. The molecule has 0 aliphatic heterocycles. The molecule has 6 heteroatoms. The number of thiocarbonyl (C=S) groups is 1. The maximum atomic E-state index is 11.4. The van der Waals surface area contributed by atoms with Gasteiger partial charge in [0.15, 0.2) is 0 Å². The summed E-state index contributed by atoms with van der Waals surface area (Å²) in [7, 11) is -3.29. The first-order valence-corrected chi connectivity index (χ1v) is 6.79. The Hall–Kier alpha value is -0.200. The fraction of sp³-hybridized carbons (Fsp3) is 0.875. The van der Waals surface area contributed by atoms with Crippen molar-refractivity contribution in [2.24, 2.45) is 11.7 Å². The van der Waals surface area contributed by atoms with Gasteiger partial charge in [-0.2, -0.15) is 0 Å². The van der Waals surface area contributed by atoms with Gasteiger partial charge in [0.25, 0.3) is 0 Å². The molecule has 0 bridgehead atoms. The van der Waals surface area contributed by atoms with Crippen LogP contribution in [0.4, 0.5) is 0 Å². The van der Waals surface area contributed by atoms with Gasteiger partial charge in [0, 0.05) is 6.04 Å². The van der Waals surface area contributed by atoms with Crippen molar-refractivity contribution in [2.75, 3.05) is 5.75 Å². The summed E-state index contributed by atoms with van der Waals surface area (Å²) in [5.74, 6) is 0.277. The van der Waals surface area contributed by atoms with Gasteiger partial charge in [-0.15, -0.1) is 0 Å². The van der Waals surface area contributed by atoms with Crippen molar-refractivity contribution in [2.45, 2.75) is 32.2 Å². The molecule has 1 aliphatic rings. The van der Waals surface area contributed by atoms with Crippen LogP contribution in [0.25, 0.3) is 0 Å². The minimum atomic E-state index is -3.29. The highest BCUT2D eigenvalue weighted by atomic mass is 32.2. The van der Waals surface area contributed by atoms with Gasteiger partial charge in [0.1, 0.15) is 5.75 Å². The lowest BCUT2D eigenvalue weighted by molar-refractivity contribution is 0.577. The van der Waals surface area contributed by atoms with Crippen molar-refractivity contribution >= 4 is 27.2 Å². The molecular formula is C8H16N2O2S2. The standard InChI is InChI=1S/C8H16N2O2S2/c1-2-3-6-4-7(6)10-14(11,12)5-8(9)13/h6-7,10H,2-5H2,1H3,(H2,9,13). The molecule has 2 unspecified atom stereocenters. The second kappa shape index (κ2) is 4.55. The molecule has 0 saturated heterocycles. The van der Waals surface area contributed by atoms with Gasteiger partial charge in [-0.1, -0.05) is 25.6 Å². The molecule has 14 heavy (non-hydrogen) atoms. The Morgan fingerprint density at radius 2 is 2.29 bits per heavy atom. The van der Waals surface area contributed by atoms with E-state index in [1.54, 1.807) is 0 Å². The summed E-state index contributed by atoms with van der Waals surface area (Å²) in [6.07, 6.45) is 3.13. The predicted molar refractivity (Wildman–Crippen MR) is 60.5 cm³/mol. The van der Waals surface area contributed by atoms with Gasteiger partial charge >= 0.3 is 0 Å². The van der Waals surface area contributed by atoms with Crippen LogP contribution in [0.3, 0.4) is 0 Å². The highest BCUT2D eigenvalue weighted by molar-refractivity contribution is 7.92. The Labute approximate surface area is 90.3 Å². The molecule has 1 aliphatic carbocycles. The maximum absolute atomic E-state index is 11.4. The molecule has 0 radical (unpaired) electrons. The van der Waals surface area contributed by atoms with Crippen molar-refractivity contribution < 1.29 is 8.42 Å². The average molecular weight is 236 g/mol. The zero-order valence-electron chi connectivity index (χ0n) is 8.19. The molecule has 1 saturated carbocycles. The quantitative estimate of drug-likeness (QED) is 0.654. The fourth-order valence-electron chi connectivity index (χ4n) is 1.54. The van der Waals surface area contributed by atoms with E-state index in [-0.39, 0.29) is 16.8 Å². The van der Waals surface area contributed by atoms with Gasteiger partial charge in [-0.05, 0) is 18.8 Å². The molecule has 1 rings (SSSR count). The molecule has 0 aromatic heterocycles. The Morgan fingerprint density at radius 3 is 2.79 bits per heavy atom. The van der Waals surface area contributed by atoms with Crippen molar-refractivity contribution in [3.05, 3.63) is 0 Å². The smallest absolute Gasteiger partial charge is 0.218 e. The first-order chi connectivity index (χ1) is 6.44. The van der Waals surface area contributed by atoms with Gasteiger partial charge in [-0.25, -0.2) is 13.1 Å². The minimum Gasteiger partial charge on any atom is -0.392 e. The SMILES string of the molecule is CCCC1CC1NS(=O)(=O)CC(N)=S. The molecule has 82 valence electrons. The topological polar surface area (TPSA) is 72.2 Å². The van der Waals surface area contributed by atoms with Crippen LogP contribution < -0.4 is 10.5 Å². The number of nitrogens with one attached hydrogen (secondary N) is 1. The van der Waals surface area contributed by atoms with E-state index in [0.717, 1.165) is 19.3 Å². The van der Waals surface area contributed by atoms with Crippen LogP contribution in [-0.2, 0) is 10.0 Å². The molecule has 4 nitrogen and oxygen atoms in total. The lowest BCUT2D eigenvalue weighted by Crippen LogP contribution is -2.34. The summed E-state index contributed by atoms with van der Waals surface area (Å²) >= 11 is 4.56. The van der Waals surface area contributed by atoms with Crippen LogP contribution in [-0.4, -0.2) is 25.2 Å². The van der Waals surface area contributed by atoms with E-state index < -0.39 is 10.0 Å². The highest BCUT2D eigenvalue weighted by Crippen LogP contribution is 2.34. The monoisotopic (exact) mass is 236 g/mol. The number of hydrogen-bond acceptors (Lipinski definition) is 3. The van der Waals surface area contributed by atoms with Gasteiger partial charge in [0.2, 0.25) is 10.0 Å². The maximum Gasteiger partial charge on any atom is 0.218 e. The second-order valence-electron chi connectivity index (χ2n) is 3.73. The number of rotatable bonds is 6. The molecule has 2 atom stereocenters. The minimum absolute atomic E-state index is 0.0187. The third-order valence-corrected chi connectivity index (χ3v) is 3.93. The molecule has 0 heterocycles. The Bertz CT molecular complexity index is 313. The summed E-state index contributed by atoms with van der Waals surface area (Å²) in [5, 5.41) is 0. The second-order valence-corrected chi connectivity index (χ2v) is 6.01. The lowest BCUT2D eigenvalue weighted by atomic mass is 10.2. The fourth-order valence-corrected chi connectivity index (χ4v) is 3.21. The van der Waals surface area contributed by atoms with E-state index in [1.165, 1.54) is 0 Å². The number of sulfonamides is 1. The summed E-state index contributed by atoms with van der Waals surface area (Å²) < 4.78 is 25.3. The first-order valence-electron chi connectivity index (χ1n) is 4.73. The van der Waals surface area contributed by atoms with Crippen LogP contribution >= 0.6 is 12.2 Å². The summed E-state index contributed by atoms with van der Waals surface area (Å²) in [5.41, 5.74) is 5.18. The van der Waals surface area contributed by atoms with E-state index in [2.05, 4.69) is 23.9 Å². The normalized spacial score (nSPS) is 26.1. The van der Waals surface area contributed by atoms with Crippen LogP contribution in [0.5, 0.6) is 0 Å². The van der Waals surface area contributed by atoms with Crippen molar-refractivity contribution in [1.82, 2.24) is 4.72 Å². The van der Waals surface area contributed by atoms with E-state index >= 15 is 0 Å².